The Morgan fingerprint density at radius 3 is 3.19 bits per heavy atom. The van der Waals surface area contributed by atoms with E-state index in [0.717, 1.165) is 24.7 Å². The normalized spacial score (nSPS) is 10.8. The Hall–Kier alpha value is -0.750. The number of thiazole rings is 1. The van der Waals surface area contributed by atoms with Crippen molar-refractivity contribution in [3.63, 3.8) is 0 Å². The van der Waals surface area contributed by atoms with Crippen molar-refractivity contribution in [3.8, 4) is 10.6 Å². The van der Waals surface area contributed by atoms with Gasteiger partial charge in [-0.1, -0.05) is 0 Å². The number of hydrogen-bond donors (Lipinski definition) is 1. The molecule has 0 amide bonds. The van der Waals surface area contributed by atoms with Crippen LogP contribution < -0.4 is 5.32 Å². The summed E-state index contributed by atoms with van der Waals surface area (Å²) in [5.41, 5.74) is 1.22. The molecule has 2 heterocycles. The van der Waals surface area contributed by atoms with Gasteiger partial charge < -0.3 is 10.1 Å². The van der Waals surface area contributed by atoms with Crippen molar-refractivity contribution in [2.24, 2.45) is 0 Å². The minimum absolute atomic E-state index is 0.746. The molecule has 0 saturated carbocycles. The van der Waals surface area contributed by atoms with Crippen molar-refractivity contribution in [1.82, 2.24) is 10.3 Å². The smallest absolute Gasteiger partial charge is 0.124 e. The number of aromatic nitrogens is 1. The van der Waals surface area contributed by atoms with E-state index in [9.17, 15) is 0 Å². The summed E-state index contributed by atoms with van der Waals surface area (Å²) in [6.45, 7) is 2.49. The average molecular weight is 254 g/mol. The van der Waals surface area contributed by atoms with Gasteiger partial charge >= 0.3 is 0 Å². The van der Waals surface area contributed by atoms with Crippen molar-refractivity contribution >= 4 is 22.7 Å². The molecule has 3 nitrogen and oxygen atoms in total. The summed E-state index contributed by atoms with van der Waals surface area (Å²) in [7, 11) is 1.71. The zero-order valence-corrected chi connectivity index (χ0v) is 10.7. The second-order valence-electron chi connectivity index (χ2n) is 3.31. The number of nitrogens with one attached hydrogen (secondary N) is 1. The third kappa shape index (κ3) is 3.12. The molecule has 0 aromatic carbocycles. The van der Waals surface area contributed by atoms with Gasteiger partial charge in [0, 0.05) is 42.2 Å². The van der Waals surface area contributed by atoms with Gasteiger partial charge in [0.25, 0.3) is 0 Å². The van der Waals surface area contributed by atoms with E-state index in [0.29, 0.717) is 0 Å². The Morgan fingerprint density at radius 1 is 1.50 bits per heavy atom. The molecular weight excluding hydrogens is 240 g/mol. The lowest BCUT2D eigenvalue weighted by Crippen LogP contribution is -2.17. The first-order valence-corrected chi connectivity index (χ1v) is 6.83. The number of thiophene rings is 1. The zero-order valence-electron chi connectivity index (χ0n) is 9.10. The number of hydrogen-bond acceptors (Lipinski definition) is 5. The first kappa shape index (κ1) is 11.7. The standard InChI is InChI=1S/C11H14N2OS2/c1-14-4-3-12-6-10-7-13-11(16-10)9-2-5-15-8-9/h2,5,7-8,12H,3-4,6H2,1H3. The summed E-state index contributed by atoms with van der Waals surface area (Å²) in [6, 6.07) is 2.10. The SMILES string of the molecule is COCCNCc1cnc(-c2ccsc2)s1. The highest BCUT2D eigenvalue weighted by Crippen LogP contribution is 2.26. The molecule has 0 atom stereocenters. The highest BCUT2D eigenvalue weighted by Gasteiger charge is 2.04. The Balaban J connectivity index is 1.88. The highest BCUT2D eigenvalue weighted by atomic mass is 32.1. The number of methoxy groups -OCH3 is 1. The van der Waals surface area contributed by atoms with Crippen LogP contribution in [0.5, 0.6) is 0 Å². The van der Waals surface area contributed by atoms with E-state index in [4.69, 9.17) is 4.74 Å². The van der Waals surface area contributed by atoms with Crippen LogP contribution in [0.4, 0.5) is 0 Å². The third-order valence-corrected chi connectivity index (χ3v) is 3.83. The molecule has 2 rings (SSSR count). The summed E-state index contributed by atoms with van der Waals surface area (Å²) in [6.07, 6.45) is 1.94. The monoisotopic (exact) mass is 254 g/mol. The molecule has 5 heteroatoms. The Morgan fingerprint density at radius 2 is 2.44 bits per heavy atom. The summed E-state index contributed by atoms with van der Waals surface area (Å²) in [4.78, 5) is 5.67. The molecule has 1 N–H and O–H groups in total. The van der Waals surface area contributed by atoms with Crippen LogP contribution >= 0.6 is 22.7 Å². The predicted octanol–water partition coefficient (Wildman–Crippen LogP) is 2.61. The third-order valence-electron chi connectivity index (χ3n) is 2.10. The summed E-state index contributed by atoms with van der Waals surface area (Å²) in [5.74, 6) is 0. The largest absolute Gasteiger partial charge is 0.383 e. The predicted molar refractivity (Wildman–Crippen MR) is 69.0 cm³/mol. The van der Waals surface area contributed by atoms with Gasteiger partial charge in [0.1, 0.15) is 5.01 Å². The highest BCUT2D eigenvalue weighted by molar-refractivity contribution is 7.15. The Kier molecular flexibility index (Phi) is 4.47. The molecule has 86 valence electrons. The maximum Gasteiger partial charge on any atom is 0.124 e. The molecule has 2 aromatic rings. The molecule has 0 aliphatic carbocycles. The quantitative estimate of drug-likeness (QED) is 0.805. The molecule has 0 unspecified atom stereocenters. The molecule has 0 spiro atoms. The van der Waals surface area contributed by atoms with E-state index < -0.39 is 0 Å². The summed E-state index contributed by atoms with van der Waals surface area (Å²) in [5, 5.41) is 8.61. The second-order valence-corrected chi connectivity index (χ2v) is 5.21. The van der Waals surface area contributed by atoms with E-state index in [1.165, 1.54) is 10.4 Å². The van der Waals surface area contributed by atoms with Gasteiger partial charge in [-0.2, -0.15) is 11.3 Å². The van der Waals surface area contributed by atoms with E-state index in [1.54, 1.807) is 29.8 Å². The molecule has 16 heavy (non-hydrogen) atoms. The van der Waals surface area contributed by atoms with Crippen LogP contribution in [0.25, 0.3) is 10.6 Å². The molecule has 0 saturated heterocycles. The Labute approximate surface area is 103 Å². The van der Waals surface area contributed by atoms with Crippen LogP contribution in [-0.4, -0.2) is 25.2 Å². The fraction of sp³-hybridized carbons (Fsp3) is 0.364. The van der Waals surface area contributed by atoms with E-state index >= 15 is 0 Å². The van der Waals surface area contributed by atoms with Gasteiger partial charge in [-0.05, 0) is 11.4 Å². The fourth-order valence-electron chi connectivity index (χ4n) is 1.29. The zero-order chi connectivity index (χ0) is 11.2. The van der Waals surface area contributed by atoms with E-state index in [-0.39, 0.29) is 0 Å². The van der Waals surface area contributed by atoms with Crippen LogP contribution in [0.2, 0.25) is 0 Å². The first-order valence-electron chi connectivity index (χ1n) is 5.07. The maximum absolute atomic E-state index is 4.97. The van der Waals surface area contributed by atoms with E-state index in [2.05, 4.69) is 27.1 Å². The lowest BCUT2D eigenvalue weighted by atomic mass is 10.4. The molecule has 0 aliphatic rings. The van der Waals surface area contributed by atoms with Gasteiger partial charge in [-0.25, -0.2) is 4.98 Å². The van der Waals surface area contributed by atoms with Gasteiger partial charge in [0.2, 0.25) is 0 Å². The number of ether oxygens (including phenoxy) is 1. The van der Waals surface area contributed by atoms with Crippen LogP contribution in [0, 0.1) is 0 Å². The van der Waals surface area contributed by atoms with Crippen LogP contribution in [0.3, 0.4) is 0 Å². The molecule has 0 fully saturated rings. The first-order chi connectivity index (χ1) is 7.90. The topological polar surface area (TPSA) is 34.1 Å². The molecular formula is C11H14N2OS2. The number of rotatable bonds is 6. The van der Waals surface area contributed by atoms with Crippen LogP contribution in [0.15, 0.2) is 23.0 Å². The van der Waals surface area contributed by atoms with Gasteiger partial charge in [0.15, 0.2) is 0 Å². The molecule has 0 radical (unpaired) electrons. The van der Waals surface area contributed by atoms with Gasteiger partial charge in [-0.3, -0.25) is 0 Å². The minimum Gasteiger partial charge on any atom is -0.383 e. The van der Waals surface area contributed by atoms with Crippen molar-refractivity contribution in [2.75, 3.05) is 20.3 Å². The number of nitrogens with zero attached hydrogens (tertiary/aromatic N) is 1. The van der Waals surface area contributed by atoms with Crippen LogP contribution in [-0.2, 0) is 11.3 Å². The fourth-order valence-corrected chi connectivity index (χ4v) is 2.89. The van der Waals surface area contributed by atoms with Crippen molar-refractivity contribution in [3.05, 3.63) is 27.9 Å². The Bertz CT molecular complexity index is 411. The van der Waals surface area contributed by atoms with Gasteiger partial charge in [0.05, 0.1) is 6.61 Å². The molecule has 0 bridgehead atoms. The molecule has 2 aromatic heterocycles. The van der Waals surface area contributed by atoms with Crippen molar-refractivity contribution < 1.29 is 4.74 Å². The van der Waals surface area contributed by atoms with Crippen molar-refractivity contribution in [2.45, 2.75) is 6.54 Å². The van der Waals surface area contributed by atoms with E-state index in [1.807, 2.05) is 6.20 Å². The van der Waals surface area contributed by atoms with Crippen molar-refractivity contribution in [1.29, 1.82) is 0 Å². The van der Waals surface area contributed by atoms with Crippen LogP contribution in [0.1, 0.15) is 4.88 Å². The lowest BCUT2D eigenvalue weighted by Gasteiger charge is -2.00. The van der Waals surface area contributed by atoms with Gasteiger partial charge in [-0.15, -0.1) is 11.3 Å². The maximum atomic E-state index is 4.97. The summed E-state index contributed by atoms with van der Waals surface area (Å²) >= 11 is 3.44. The molecule has 0 aliphatic heterocycles. The summed E-state index contributed by atoms with van der Waals surface area (Å²) < 4.78 is 4.97. The average Bonchev–Trinajstić information content (AvgIpc) is 2.94. The second kappa shape index (κ2) is 6.10. The lowest BCUT2D eigenvalue weighted by molar-refractivity contribution is 0.199. The minimum atomic E-state index is 0.746.